The molecular weight excluding hydrogens is 187 g/mol. The maximum atomic E-state index is 10.8. The van der Waals surface area contributed by atoms with Crippen molar-refractivity contribution in [3.63, 3.8) is 0 Å². The van der Waals surface area contributed by atoms with Gasteiger partial charge in [0, 0.05) is 6.04 Å². The van der Waals surface area contributed by atoms with Crippen molar-refractivity contribution in [3.8, 4) is 0 Å². The molecule has 0 aromatic carbocycles. The van der Waals surface area contributed by atoms with Crippen molar-refractivity contribution in [2.75, 3.05) is 0 Å². The number of carboxylic acid groups (broad SMARTS) is 1. The third kappa shape index (κ3) is 2.90. The van der Waals surface area contributed by atoms with E-state index in [1.54, 1.807) is 0 Å². The number of nitrogens with one attached hydrogen (secondary N) is 1. The molecule has 0 aliphatic heterocycles. The van der Waals surface area contributed by atoms with E-state index in [0.29, 0.717) is 0 Å². The van der Waals surface area contributed by atoms with Crippen LogP contribution in [0.3, 0.4) is 0 Å². The lowest BCUT2D eigenvalue weighted by molar-refractivity contribution is -0.140. The van der Waals surface area contributed by atoms with Gasteiger partial charge in [0.05, 0.1) is 0 Å². The molecule has 0 saturated heterocycles. The predicted octanol–water partition coefficient (Wildman–Crippen LogP) is 0.337. The molecule has 1 aliphatic rings. The van der Waals surface area contributed by atoms with Gasteiger partial charge >= 0.3 is 5.97 Å². The average Bonchev–Trinajstić information content (AvgIpc) is 2.09. The van der Waals surface area contributed by atoms with Crippen LogP contribution in [0.15, 0.2) is 0 Å². The Morgan fingerprint density at radius 2 is 2.00 bits per heavy atom. The van der Waals surface area contributed by atoms with Crippen LogP contribution in [0.5, 0.6) is 0 Å². The zero-order chi connectivity index (χ0) is 9.84. The van der Waals surface area contributed by atoms with Gasteiger partial charge in [-0.05, 0) is 31.6 Å². The highest BCUT2D eigenvalue weighted by atomic mass is 31.0. The third-order valence-corrected chi connectivity index (χ3v) is 3.09. The first-order valence-corrected chi connectivity index (χ1v) is 5.17. The van der Waals surface area contributed by atoms with Crippen LogP contribution in [0.25, 0.3) is 0 Å². The first-order chi connectivity index (χ1) is 6.15. The monoisotopic (exact) mass is 204 g/mol. The molecule has 0 spiro atoms. The number of aliphatic carboxylic acids is 1. The molecule has 0 bridgehead atoms. The quantitative estimate of drug-likeness (QED) is 0.579. The highest BCUT2D eigenvalue weighted by Gasteiger charge is 2.29. The molecule has 0 aromatic rings. The molecule has 4 nitrogen and oxygen atoms in total. The first kappa shape index (κ1) is 10.9. The van der Waals surface area contributed by atoms with Gasteiger partial charge in [-0.2, -0.15) is 0 Å². The summed E-state index contributed by atoms with van der Waals surface area (Å²) in [6.07, 6.45) is 3.72. The molecule has 0 aromatic heterocycles. The molecule has 76 valence electrons. The lowest BCUT2D eigenvalue weighted by Crippen LogP contribution is -2.41. The van der Waals surface area contributed by atoms with Gasteiger partial charge in [-0.25, -0.2) is 0 Å². The van der Waals surface area contributed by atoms with Crippen LogP contribution in [-0.4, -0.2) is 23.2 Å². The van der Waals surface area contributed by atoms with Gasteiger partial charge in [0.1, 0.15) is 6.04 Å². The molecule has 13 heavy (non-hydrogen) atoms. The van der Waals surface area contributed by atoms with Crippen molar-refractivity contribution >= 4 is 15.4 Å². The van der Waals surface area contributed by atoms with E-state index >= 15 is 0 Å². The summed E-state index contributed by atoms with van der Waals surface area (Å²) < 4.78 is 0. The zero-order valence-electron chi connectivity index (χ0n) is 7.57. The minimum Gasteiger partial charge on any atom is -0.480 e. The van der Waals surface area contributed by atoms with Crippen molar-refractivity contribution in [3.05, 3.63) is 0 Å². The predicted molar refractivity (Wildman–Crippen MR) is 54.2 cm³/mol. The van der Waals surface area contributed by atoms with Gasteiger partial charge in [-0.3, -0.25) is 9.88 Å². The van der Waals surface area contributed by atoms with E-state index in [-0.39, 0.29) is 12.0 Å². The minimum atomic E-state index is -0.768. The topological polar surface area (TPSA) is 75.3 Å². The molecule has 1 aliphatic carbocycles. The summed E-state index contributed by atoms with van der Waals surface area (Å²) in [6, 6.07) is -0.160. The number of carbonyl (C=O) groups is 1. The Morgan fingerprint density at radius 3 is 2.38 bits per heavy atom. The minimum absolute atomic E-state index is 0.231. The smallest absolute Gasteiger partial charge is 0.321 e. The number of rotatable bonds is 3. The van der Waals surface area contributed by atoms with E-state index in [4.69, 9.17) is 10.8 Å². The lowest BCUT2D eigenvalue weighted by Gasteiger charge is -2.29. The second kappa shape index (κ2) is 4.89. The van der Waals surface area contributed by atoms with Crippen LogP contribution in [-0.2, 0) is 4.79 Å². The van der Waals surface area contributed by atoms with Crippen LogP contribution in [0, 0.1) is 5.92 Å². The largest absolute Gasteiger partial charge is 0.480 e. The van der Waals surface area contributed by atoms with E-state index in [1.807, 2.05) is 0 Å². The summed E-state index contributed by atoms with van der Waals surface area (Å²) in [5, 5.41) is 11.6. The highest BCUT2D eigenvalue weighted by molar-refractivity contribution is 7.13. The second-order valence-corrected chi connectivity index (χ2v) is 3.99. The Bertz CT molecular complexity index is 181. The fourth-order valence-corrected chi connectivity index (χ4v) is 2.30. The zero-order valence-corrected chi connectivity index (χ0v) is 8.73. The molecule has 1 fully saturated rings. The molecule has 4 N–H and O–H groups in total. The maximum absolute atomic E-state index is 10.8. The van der Waals surface area contributed by atoms with Crippen molar-refractivity contribution in [2.24, 2.45) is 11.7 Å². The number of carboxylic acids is 1. The molecule has 5 heteroatoms. The van der Waals surface area contributed by atoms with E-state index in [2.05, 4.69) is 14.5 Å². The fourth-order valence-electron chi connectivity index (χ4n) is 1.89. The van der Waals surface area contributed by atoms with Crippen LogP contribution >= 0.6 is 9.39 Å². The summed E-state index contributed by atoms with van der Waals surface area (Å²) in [5.41, 5.74) is 5.74. The molecule has 1 unspecified atom stereocenters. The van der Waals surface area contributed by atoms with E-state index in [1.165, 1.54) is 0 Å². The van der Waals surface area contributed by atoms with Crippen LogP contribution < -0.4 is 10.8 Å². The van der Waals surface area contributed by atoms with Crippen LogP contribution in [0.4, 0.5) is 0 Å². The van der Waals surface area contributed by atoms with Crippen molar-refractivity contribution in [2.45, 2.75) is 37.8 Å². The number of hydrogen-bond donors (Lipinski definition) is 3. The van der Waals surface area contributed by atoms with Crippen LogP contribution in [0.2, 0.25) is 0 Å². The normalized spacial score (nSPS) is 31.2. The molecule has 0 heterocycles. The van der Waals surface area contributed by atoms with Gasteiger partial charge in [0.25, 0.3) is 0 Å². The lowest BCUT2D eigenvalue weighted by atomic mass is 9.82. The summed E-state index contributed by atoms with van der Waals surface area (Å²) in [4.78, 5) is 10.8. The van der Waals surface area contributed by atoms with E-state index in [9.17, 15) is 4.79 Å². The Kier molecular flexibility index (Phi) is 4.10. The number of nitrogens with two attached hydrogens (primary N) is 1. The summed E-state index contributed by atoms with van der Waals surface area (Å²) in [6.45, 7) is 0. The van der Waals surface area contributed by atoms with Crippen molar-refractivity contribution < 1.29 is 9.90 Å². The van der Waals surface area contributed by atoms with Gasteiger partial charge < -0.3 is 10.8 Å². The third-order valence-electron chi connectivity index (χ3n) is 2.73. The Hall–Kier alpha value is -0.180. The Labute approximate surface area is 80.5 Å². The molecule has 1 saturated carbocycles. The van der Waals surface area contributed by atoms with Gasteiger partial charge in [-0.15, -0.1) is 0 Å². The van der Waals surface area contributed by atoms with Crippen molar-refractivity contribution in [1.29, 1.82) is 0 Å². The van der Waals surface area contributed by atoms with Gasteiger partial charge in [0.15, 0.2) is 0 Å². The van der Waals surface area contributed by atoms with Gasteiger partial charge in [-0.1, -0.05) is 9.39 Å². The molecular formula is C8H17N2O2P. The molecule has 2 atom stereocenters. The van der Waals surface area contributed by atoms with E-state index < -0.39 is 12.0 Å². The Morgan fingerprint density at radius 1 is 1.46 bits per heavy atom. The summed E-state index contributed by atoms with van der Waals surface area (Å²) in [5.74, 6) is -0.537. The standard InChI is InChI=1S/C8H17N2O2P/c9-6-3-1-5(2-4-6)7(10-13)8(11)12/h5-7,10H,1-4,9,13H2,(H,11,12)/t5?,6?,7-/m0/s1. The summed E-state index contributed by atoms with van der Waals surface area (Å²) in [7, 11) is 2.28. The molecule has 1 rings (SSSR count). The van der Waals surface area contributed by atoms with Crippen molar-refractivity contribution in [1.82, 2.24) is 5.09 Å². The SMILES string of the molecule is NC1CCC([C@H](NP)C(=O)O)CC1. The average molecular weight is 204 g/mol. The summed E-state index contributed by atoms with van der Waals surface area (Å²) >= 11 is 0. The first-order valence-electron chi connectivity index (χ1n) is 4.59. The second-order valence-electron chi connectivity index (χ2n) is 3.66. The maximum Gasteiger partial charge on any atom is 0.321 e. The fraction of sp³-hybridized carbons (Fsp3) is 0.875. The highest BCUT2D eigenvalue weighted by Crippen LogP contribution is 2.26. The van der Waals surface area contributed by atoms with Crippen LogP contribution in [0.1, 0.15) is 25.7 Å². The molecule has 0 radical (unpaired) electrons. The number of hydrogen-bond acceptors (Lipinski definition) is 3. The van der Waals surface area contributed by atoms with Gasteiger partial charge in [0.2, 0.25) is 0 Å². The Balaban J connectivity index is 2.46. The molecule has 0 amide bonds. The van der Waals surface area contributed by atoms with E-state index in [0.717, 1.165) is 25.7 Å².